The molecule has 23 heavy (non-hydrogen) atoms. The molecule has 2 aromatic carbocycles. The Balaban J connectivity index is 2.44. The maximum atomic E-state index is 12.7. The Morgan fingerprint density at radius 2 is 1.57 bits per heavy atom. The highest BCUT2D eigenvalue weighted by atomic mass is 32.2. The summed E-state index contributed by atoms with van der Waals surface area (Å²) in [6, 6.07) is 14.6. The van der Waals surface area contributed by atoms with E-state index in [2.05, 4.69) is 0 Å². The van der Waals surface area contributed by atoms with Gasteiger partial charge in [0.05, 0.1) is 22.3 Å². The average Bonchev–Trinajstić information content (AvgIpc) is 2.54. The quantitative estimate of drug-likeness (QED) is 0.789. The van der Waals surface area contributed by atoms with E-state index in [-0.39, 0.29) is 22.3 Å². The maximum absolute atomic E-state index is 12.7. The van der Waals surface area contributed by atoms with Crippen molar-refractivity contribution in [3.8, 4) is 0 Å². The van der Waals surface area contributed by atoms with Crippen LogP contribution in [-0.2, 0) is 14.8 Å². The minimum atomic E-state index is -3.75. The third-order valence-electron chi connectivity index (χ3n) is 3.21. The summed E-state index contributed by atoms with van der Waals surface area (Å²) in [7, 11) is -2.33. The predicted molar refractivity (Wildman–Crippen MR) is 89.0 cm³/mol. The van der Waals surface area contributed by atoms with E-state index in [0.29, 0.717) is 0 Å². The van der Waals surface area contributed by atoms with Gasteiger partial charge in [0.25, 0.3) is 10.0 Å². The van der Waals surface area contributed by atoms with Gasteiger partial charge in [0.1, 0.15) is 0 Å². The van der Waals surface area contributed by atoms with Gasteiger partial charge in [0, 0.05) is 7.05 Å². The molecular formula is C17H19NO4S. The highest BCUT2D eigenvalue weighted by Gasteiger charge is 2.25. The Hall–Kier alpha value is -2.34. The topological polar surface area (TPSA) is 63.7 Å². The monoisotopic (exact) mass is 333 g/mol. The lowest BCUT2D eigenvalue weighted by atomic mass is 10.2. The Bertz CT molecular complexity index is 785. The van der Waals surface area contributed by atoms with E-state index in [1.165, 1.54) is 19.2 Å². The van der Waals surface area contributed by atoms with Gasteiger partial charge in [-0.15, -0.1) is 0 Å². The van der Waals surface area contributed by atoms with Crippen LogP contribution in [0.5, 0.6) is 0 Å². The number of carbonyl (C=O) groups is 1. The number of hydrogen-bond acceptors (Lipinski definition) is 4. The molecule has 0 aliphatic carbocycles. The van der Waals surface area contributed by atoms with Crippen molar-refractivity contribution in [1.29, 1.82) is 0 Å². The van der Waals surface area contributed by atoms with E-state index < -0.39 is 16.0 Å². The number of ether oxygens (including phenoxy) is 1. The van der Waals surface area contributed by atoms with Crippen LogP contribution in [0.4, 0.5) is 5.69 Å². The number of carbonyl (C=O) groups excluding carboxylic acids is 1. The van der Waals surface area contributed by atoms with E-state index in [1.54, 1.807) is 56.3 Å². The molecule has 2 rings (SSSR count). The lowest BCUT2D eigenvalue weighted by Crippen LogP contribution is -2.28. The number of sulfonamides is 1. The highest BCUT2D eigenvalue weighted by molar-refractivity contribution is 7.92. The van der Waals surface area contributed by atoms with Gasteiger partial charge in [-0.2, -0.15) is 0 Å². The van der Waals surface area contributed by atoms with Gasteiger partial charge >= 0.3 is 5.97 Å². The van der Waals surface area contributed by atoms with Gasteiger partial charge in [-0.1, -0.05) is 30.3 Å². The number of benzene rings is 2. The normalized spacial score (nSPS) is 11.3. The van der Waals surface area contributed by atoms with E-state index in [9.17, 15) is 13.2 Å². The zero-order valence-corrected chi connectivity index (χ0v) is 14.1. The van der Waals surface area contributed by atoms with E-state index >= 15 is 0 Å². The summed E-state index contributed by atoms with van der Waals surface area (Å²) < 4.78 is 31.7. The van der Waals surface area contributed by atoms with Crippen LogP contribution in [0.1, 0.15) is 24.2 Å². The van der Waals surface area contributed by atoms with Crippen LogP contribution in [-0.4, -0.2) is 27.5 Å². The number of esters is 1. The molecule has 0 amide bonds. The van der Waals surface area contributed by atoms with Crippen molar-refractivity contribution in [3.63, 3.8) is 0 Å². The van der Waals surface area contributed by atoms with Crippen LogP contribution in [0.15, 0.2) is 59.5 Å². The summed E-state index contributed by atoms with van der Waals surface area (Å²) in [5, 5.41) is 0. The second-order valence-corrected chi connectivity index (χ2v) is 7.23. The van der Waals surface area contributed by atoms with Crippen molar-refractivity contribution in [2.45, 2.75) is 24.8 Å². The summed E-state index contributed by atoms with van der Waals surface area (Å²) in [6.45, 7) is 3.48. The number of hydrogen-bond donors (Lipinski definition) is 0. The Morgan fingerprint density at radius 1 is 1.00 bits per heavy atom. The smallest absolute Gasteiger partial charge is 0.340 e. The van der Waals surface area contributed by atoms with E-state index in [1.807, 2.05) is 0 Å². The van der Waals surface area contributed by atoms with Gasteiger partial charge in [-0.3, -0.25) is 4.31 Å². The molecule has 0 saturated heterocycles. The molecule has 0 unspecified atom stereocenters. The summed E-state index contributed by atoms with van der Waals surface area (Å²) in [4.78, 5) is 12.4. The minimum Gasteiger partial charge on any atom is -0.459 e. The molecule has 0 fully saturated rings. The van der Waals surface area contributed by atoms with E-state index in [0.717, 1.165) is 4.31 Å². The third kappa shape index (κ3) is 3.71. The molecule has 5 nitrogen and oxygen atoms in total. The van der Waals surface area contributed by atoms with Crippen molar-refractivity contribution in [3.05, 3.63) is 60.2 Å². The maximum Gasteiger partial charge on any atom is 0.340 e. The fourth-order valence-corrected chi connectivity index (χ4v) is 3.31. The predicted octanol–water partition coefficient (Wildman–Crippen LogP) is 3.08. The van der Waals surface area contributed by atoms with Crippen molar-refractivity contribution < 1.29 is 17.9 Å². The largest absolute Gasteiger partial charge is 0.459 e. The summed E-state index contributed by atoms with van der Waals surface area (Å²) in [5.41, 5.74) is 0.491. The summed E-state index contributed by atoms with van der Waals surface area (Å²) in [5.74, 6) is -0.550. The zero-order chi connectivity index (χ0) is 17.0. The second kappa shape index (κ2) is 6.83. The molecule has 6 heteroatoms. The molecule has 0 heterocycles. The SMILES string of the molecule is CC(C)OC(=O)c1ccccc1N(C)S(=O)(=O)c1ccccc1. The minimum absolute atomic E-state index is 0.162. The van der Waals surface area contributed by atoms with Crippen molar-refractivity contribution in [2.75, 3.05) is 11.4 Å². The molecule has 0 radical (unpaired) electrons. The van der Waals surface area contributed by atoms with Gasteiger partial charge in [0.15, 0.2) is 0 Å². The molecule has 0 aromatic heterocycles. The summed E-state index contributed by atoms with van der Waals surface area (Å²) in [6.07, 6.45) is -0.286. The van der Waals surface area contributed by atoms with Crippen molar-refractivity contribution in [2.24, 2.45) is 0 Å². The van der Waals surface area contributed by atoms with Gasteiger partial charge in [-0.25, -0.2) is 13.2 Å². The fourth-order valence-electron chi connectivity index (χ4n) is 2.08. The average molecular weight is 333 g/mol. The van der Waals surface area contributed by atoms with Crippen molar-refractivity contribution in [1.82, 2.24) is 0 Å². The Labute approximate surface area is 136 Å². The summed E-state index contributed by atoms with van der Waals surface area (Å²) >= 11 is 0. The number of rotatable bonds is 5. The Kier molecular flexibility index (Phi) is 5.05. The first-order valence-electron chi connectivity index (χ1n) is 7.18. The first-order chi connectivity index (χ1) is 10.8. The lowest BCUT2D eigenvalue weighted by Gasteiger charge is -2.22. The molecule has 0 atom stereocenters. The van der Waals surface area contributed by atoms with Crippen LogP contribution in [0.3, 0.4) is 0 Å². The van der Waals surface area contributed by atoms with Gasteiger partial charge in [-0.05, 0) is 38.1 Å². The molecule has 0 spiro atoms. The lowest BCUT2D eigenvalue weighted by molar-refractivity contribution is 0.0379. The van der Waals surface area contributed by atoms with Crippen LogP contribution >= 0.6 is 0 Å². The number of anilines is 1. The molecule has 0 aliphatic rings. The zero-order valence-electron chi connectivity index (χ0n) is 13.3. The number of para-hydroxylation sites is 1. The molecule has 0 aliphatic heterocycles. The highest BCUT2D eigenvalue weighted by Crippen LogP contribution is 2.26. The van der Waals surface area contributed by atoms with Crippen molar-refractivity contribution >= 4 is 21.7 Å². The van der Waals surface area contributed by atoms with Crippen LogP contribution < -0.4 is 4.31 Å². The first kappa shape index (κ1) is 17.0. The first-order valence-corrected chi connectivity index (χ1v) is 8.62. The molecule has 0 saturated carbocycles. The third-order valence-corrected chi connectivity index (χ3v) is 4.99. The molecular weight excluding hydrogens is 314 g/mol. The van der Waals surface area contributed by atoms with Gasteiger partial charge < -0.3 is 4.74 Å². The van der Waals surface area contributed by atoms with E-state index in [4.69, 9.17) is 4.74 Å². The van der Waals surface area contributed by atoms with Gasteiger partial charge in [0.2, 0.25) is 0 Å². The molecule has 122 valence electrons. The molecule has 0 bridgehead atoms. The second-order valence-electron chi connectivity index (χ2n) is 5.26. The number of nitrogens with zero attached hydrogens (tertiary/aromatic N) is 1. The van der Waals surface area contributed by atoms with Crippen LogP contribution in [0, 0.1) is 0 Å². The molecule has 2 aromatic rings. The van der Waals surface area contributed by atoms with Crippen LogP contribution in [0.25, 0.3) is 0 Å². The molecule has 0 N–H and O–H groups in total. The standard InChI is InChI=1S/C17H19NO4S/c1-13(2)22-17(19)15-11-7-8-12-16(15)18(3)23(20,21)14-9-5-4-6-10-14/h4-13H,1-3H3. The fraction of sp³-hybridized carbons (Fsp3) is 0.235. The van der Waals surface area contributed by atoms with Crippen LogP contribution in [0.2, 0.25) is 0 Å². The Morgan fingerprint density at radius 3 is 2.17 bits per heavy atom.